The van der Waals surface area contributed by atoms with Gasteiger partial charge in [-0.1, -0.05) is 12.1 Å². The highest BCUT2D eigenvalue weighted by molar-refractivity contribution is 5.79. The molecule has 1 heterocycles. The van der Waals surface area contributed by atoms with E-state index in [0.717, 1.165) is 30.3 Å². The van der Waals surface area contributed by atoms with Crippen LogP contribution in [0.15, 0.2) is 24.3 Å². The quantitative estimate of drug-likeness (QED) is 0.883. The lowest BCUT2D eigenvalue weighted by molar-refractivity contribution is 0.101. The van der Waals surface area contributed by atoms with Crippen molar-refractivity contribution in [2.75, 3.05) is 18.2 Å². The molecule has 1 aliphatic carbocycles. The molecule has 1 aromatic carbocycles. The molecule has 1 saturated carbocycles. The Labute approximate surface area is 112 Å². The second-order valence-corrected chi connectivity index (χ2v) is 4.90. The molecule has 0 radical (unpaired) electrons. The molecular weight excluding hydrogens is 240 g/mol. The summed E-state index contributed by atoms with van der Waals surface area (Å²) in [6, 6.07) is 8.00. The number of rotatable bonds is 3. The molecule has 2 aromatic rings. The van der Waals surface area contributed by atoms with Gasteiger partial charge >= 0.3 is 0 Å². The number of benzene rings is 1. The van der Waals surface area contributed by atoms with Gasteiger partial charge in [0.2, 0.25) is 0 Å². The molecule has 5 nitrogen and oxygen atoms in total. The van der Waals surface area contributed by atoms with Gasteiger partial charge in [-0.2, -0.15) is 0 Å². The highest BCUT2D eigenvalue weighted by atomic mass is 16.5. The second-order valence-electron chi connectivity index (χ2n) is 4.90. The smallest absolute Gasteiger partial charge is 0.169 e. The van der Waals surface area contributed by atoms with Crippen molar-refractivity contribution in [1.82, 2.24) is 9.97 Å². The molecule has 0 aliphatic heterocycles. The van der Waals surface area contributed by atoms with Crippen LogP contribution < -0.4 is 11.1 Å². The highest BCUT2D eigenvalue weighted by Gasteiger charge is 2.27. The summed E-state index contributed by atoms with van der Waals surface area (Å²) in [5.41, 5.74) is 7.65. The maximum Gasteiger partial charge on any atom is 0.169 e. The van der Waals surface area contributed by atoms with E-state index in [0.29, 0.717) is 11.6 Å². The van der Waals surface area contributed by atoms with Gasteiger partial charge in [0.1, 0.15) is 0 Å². The lowest BCUT2D eigenvalue weighted by Gasteiger charge is -2.20. The van der Waals surface area contributed by atoms with Crippen LogP contribution in [0.5, 0.6) is 0 Å². The molecule has 1 fully saturated rings. The number of para-hydroxylation sites is 2. The van der Waals surface area contributed by atoms with Crippen molar-refractivity contribution in [3.05, 3.63) is 24.3 Å². The average Bonchev–Trinajstić information content (AvgIpc) is 2.87. The third kappa shape index (κ3) is 2.33. The SMILES string of the molecule is COC1CCCC1Nc1nc2ccccc2nc1N. The van der Waals surface area contributed by atoms with E-state index in [2.05, 4.69) is 15.3 Å². The Morgan fingerprint density at radius 2 is 1.95 bits per heavy atom. The summed E-state index contributed by atoms with van der Waals surface area (Å²) < 4.78 is 5.47. The van der Waals surface area contributed by atoms with Crippen molar-refractivity contribution in [1.29, 1.82) is 0 Å². The third-order valence-corrected chi connectivity index (χ3v) is 3.67. The predicted molar refractivity (Wildman–Crippen MR) is 76.0 cm³/mol. The van der Waals surface area contributed by atoms with E-state index in [1.807, 2.05) is 24.3 Å². The largest absolute Gasteiger partial charge is 0.381 e. The molecule has 100 valence electrons. The van der Waals surface area contributed by atoms with Crippen molar-refractivity contribution >= 4 is 22.7 Å². The summed E-state index contributed by atoms with van der Waals surface area (Å²) in [5.74, 6) is 1.10. The lowest BCUT2D eigenvalue weighted by atomic mass is 10.2. The van der Waals surface area contributed by atoms with Crippen molar-refractivity contribution in [2.24, 2.45) is 0 Å². The molecule has 2 unspecified atom stereocenters. The summed E-state index contributed by atoms with van der Waals surface area (Å²) >= 11 is 0. The summed E-state index contributed by atoms with van der Waals surface area (Å²) in [6.45, 7) is 0. The van der Waals surface area contributed by atoms with Gasteiger partial charge in [0.25, 0.3) is 0 Å². The highest BCUT2D eigenvalue weighted by Crippen LogP contribution is 2.27. The molecule has 0 spiro atoms. The Kier molecular flexibility index (Phi) is 3.21. The number of nitrogen functional groups attached to an aromatic ring is 1. The van der Waals surface area contributed by atoms with Crippen molar-refractivity contribution < 1.29 is 4.74 Å². The fourth-order valence-electron chi connectivity index (χ4n) is 2.67. The molecule has 3 rings (SSSR count). The van der Waals surface area contributed by atoms with Crippen LogP contribution in [0.2, 0.25) is 0 Å². The molecular formula is C14H18N4O. The fraction of sp³-hybridized carbons (Fsp3) is 0.429. The zero-order valence-electron chi connectivity index (χ0n) is 11.0. The Balaban J connectivity index is 1.90. The van der Waals surface area contributed by atoms with E-state index in [1.54, 1.807) is 7.11 Å². The summed E-state index contributed by atoms with van der Waals surface area (Å²) in [6.07, 6.45) is 3.55. The minimum atomic E-state index is 0.229. The topological polar surface area (TPSA) is 73.1 Å². The molecule has 5 heteroatoms. The minimum Gasteiger partial charge on any atom is -0.381 e. The van der Waals surface area contributed by atoms with Gasteiger partial charge in [-0.3, -0.25) is 0 Å². The number of anilines is 2. The molecule has 19 heavy (non-hydrogen) atoms. The average molecular weight is 258 g/mol. The zero-order valence-corrected chi connectivity index (χ0v) is 11.0. The first kappa shape index (κ1) is 12.2. The van der Waals surface area contributed by atoms with Gasteiger partial charge in [-0.05, 0) is 31.4 Å². The maximum atomic E-state index is 5.97. The van der Waals surface area contributed by atoms with E-state index < -0.39 is 0 Å². The third-order valence-electron chi connectivity index (χ3n) is 3.67. The monoisotopic (exact) mass is 258 g/mol. The number of fused-ring (bicyclic) bond motifs is 1. The van der Waals surface area contributed by atoms with Crippen LogP contribution >= 0.6 is 0 Å². The van der Waals surface area contributed by atoms with E-state index >= 15 is 0 Å². The minimum absolute atomic E-state index is 0.229. The van der Waals surface area contributed by atoms with Gasteiger partial charge in [-0.15, -0.1) is 0 Å². The summed E-state index contributed by atoms with van der Waals surface area (Å²) in [4.78, 5) is 8.93. The number of hydrogen-bond donors (Lipinski definition) is 2. The van der Waals surface area contributed by atoms with E-state index in [1.165, 1.54) is 0 Å². The molecule has 0 saturated heterocycles. The molecule has 0 bridgehead atoms. The van der Waals surface area contributed by atoms with Gasteiger partial charge in [-0.25, -0.2) is 9.97 Å². The van der Waals surface area contributed by atoms with Crippen LogP contribution in [-0.2, 0) is 4.74 Å². The first-order valence-corrected chi connectivity index (χ1v) is 6.59. The van der Waals surface area contributed by atoms with Gasteiger partial charge in [0.15, 0.2) is 11.6 Å². The van der Waals surface area contributed by atoms with Gasteiger partial charge in [0, 0.05) is 7.11 Å². The second kappa shape index (κ2) is 5.01. The van der Waals surface area contributed by atoms with Crippen LogP contribution in [0.25, 0.3) is 11.0 Å². The van der Waals surface area contributed by atoms with Crippen LogP contribution in [0.1, 0.15) is 19.3 Å². The Bertz CT molecular complexity index is 587. The molecule has 3 N–H and O–H groups in total. The lowest BCUT2D eigenvalue weighted by Crippen LogP contribution is -2.30. The summed E-state index contributed by atoms with van der Waals surface area (Å²) in [5, 5.41) is 3.38. The summed E-state index contributed by atoms with van der Waals surface area (Å²) in [7, 11) is 1.75. The van der Waals surface area contributed by atoms with E-state index in [4.69, 9.17) is 10.5 Å². The number of aromatic nitrogens is 2. The molecule has 1 aromatic heterocycles. The standard InChI is InChI=1S/C14H18N4O/c1-19-12-8-4-7-11(12)18-14-13(15)16-9-5-2-3-6-10(9)17-14/h2-3,5-6,11-12H,4,7-8H2,1H3,(H2,15,16)(H,17,18). The molecule has 2 atom stereocenters. The van der Waals surface area contributed by atoms with E-state index in [9.17, 15) is 0 Å². The number of methoxy groups -OCH3 is 1. The van der Waals surface area contributed by atoms with Crippen molar-refractivity contribution in [2.45, 2.75) is 31.4 Å². The van der Waals surface area contributed by atoms with E-state index in [-0.39, 0.29) is 12.1 Å². The number of nitrogens with zero attached hydrogens (tertiary/aromatic N) is 2. The van der Waals surface area contributed by atoms with Crippen LogP contribution in [-0.4, -0.2) is 29.2 Å². The fourth-order valence-corrected chi connectivity index (χ4v) is 2.67. The Morgan fingerprint density at radius 1 is 1.21 bits per heavy atom. The van der Waals surface area contributed by atoms with Crippen LogP contribution in [0, 0.1) is 0 Å². The Hall–Kier alpha value is -1.88. The van der Waals surface area contributed by atoms with Crippen LogP contribution in [0.3, 0.4) is 0 Å². The number of nitrogens with one attached hydrogen (secondary N) is 1. The van der Waals surface area contributed by atoms with Crippen LogP contribution in [0.4, 0.5) is 11.6 Å². The van der Waals surface area contributed by atoms with Crippen molar-refractivity contribution in [3.63, 3.8) is 0 Å². The Morgan fingerprint density at radius 3 is 2.68 bits per heavy atom. The number of nitrogens with two attached hydrogens (primary N) is 1. The molecule has 1 aliphatic rings. The van der Waals surface area contributed by atoms with Gasteiger partial charge in [0.05, 0.1) is 23.2 Å². The predicted octanol–water partition coefficient (Wildman–Crippen LogP) is 2.19. The maximum absolute atomic E-state index is 5.97. The molecule has 0 amide bonds. The van der Waals surface area contributed by atoms with Crippen molar-refractivity contribution in [3.8, 4) is 0 Å². The first-order valence-electron chi connectivity index (χ1n) is 6.59. The number of hydrogen-bond acceptors (Lipinski definition) is 5. The first-order chi connectivity index (χ1) is 9.28. The van der Waals surface area contributed by atoms with Gasteiger partial charge < -0.3 is 15.8 Å². The number of ether oxygens (including phenoxy) is 1. The zero-order chi connectivity index (χ0) is 13.2. The normalized spacial score (nSPS) is 22.8.